The molecule has 1 amide bonds. The van der Waals surface area contributed by atoms with E-state index in [9.17, 15) is 13.2 Å². The number of nitriles is 2. The van der Waals surface area contributed by atoms with E-state index >= 15 is 0 Å². The van der Waals surface area contributed by atoms with Gasteiger partial charge in [-0.15, -0.1) is 0 Å². The standard InChI is InChI=1S/C25H27ClN6O3S2/c1-30(2)15-6-18-32(25-29-23-21(26)7-3-8-22(23)36-25)24(33)19-9-11-20(12-10-19)37(34,35)31(16-4-13-27)17-5-14-28/h3,7-12H,4-6,15-18H2,1-2H3. The second-order valence-electron chi connectivity index (χ2n) is 8.44. The normalized spacial score (nSPS) is 11.5. The van der Waals surface area contributed by atoms with Crippen LogP contribution in [0.3, 0.4) is 0 Å². The van der Waals surface area contributed by atoms with Crippen molar-refractivity contribution in [1.29, 1.82) is 10.5 Å². The molecule has 0 unspecified atom stereocenters. The number of amides is 1. The van der Waals surface area contributed by atoms with Gasteiger partial charge in [0.15, 0.2) is 5.13 Å². The minimum absolute atomic E-state index is 0.00847. The highest BCUT2D eigenvalue weighted by Crippen LogP contribution is 2.33. The van der Waals surface area contributed by atoms with E-state index in [1.807, 2.05) is 43.3 Å². The summed E-state index contributed by atoms with van der Waals surface area (Å²) in [4.78, 5) is 21.8. The van der Waals surface area contributed by atoms with Crippen molar-refractivity contribution >= 4 is 54.2 Å². The van der Waals surface area contributed by atoms with Crippen molar-refractivity contribution in [2.75, 3.05) is 45.2 Å². The topological polar surface area (TPSA) is 121 Å². The molecule has 37 heavy (non-hydrogen) atoms. The number of thiazole rings is 1. The van der Waals surface area contributed by atoms with Crippen LogP contribution in [0.4, 0.5) is 5.13 Å². The van der Waals surface area contributed by atoms with Crippen LogP contribution in [-0.2, 0) is 10.0 Å². The van der Waals surface area contributed by atoms with Crippen molar-refractivity contribution in [3.63, 3.8) is 0 Å². The molecule has 12 heteroatoms. The van der Waals surface area contributed by atoms with Gasteiger partial charge in [-0.1, -0.05) is 29.0 Å². The summed E-state index contributed by atoms with van der Waals surface area (Å²) in [7, 11) is -0.0152. The van der Waals surface area contributed by atoms with Crippen LogP contribution >= 0.6 is 22.9 Å². The van der Waals surface area contributed by atoms with Gasteiger partial charge < -0.3 is 4.90 Å². The van der Waals surface area contributed by atoms with Crippen molar-refractivity contribution in [3.05, 3.63) is 53.1 Å². The van der Waals surface area contributed by atoms with Crippen LogP contribution in [0.25, 0.3) is 10.2 Å². The Hall–Kier alpha value is -3.06. The zero-order valence-electron chi connectivity index (χ0n) is 20.6. The van der Waals surface area contributed by atoms with Crippen molar-refractivity contribution in [1.82, 2.24) is 14.2 Å². The molecule has 0 aliphatic carbocycles. The van der Waals surface area contributed by atoms with Gasteiger partial charge in [-0.25, -0.2) is 13.4 Å². The van der Waals surface area contributed by atoms with Crippen LogP contribution in [0.5, 0.6) is 0 Å². The smallest absolute Gasteiger partial charge is 0.260 e. The maximum Gasteiger partial charge on any atom is 0.260 e. The SMILES string of the molecule is CN(C)CCCN(C(=O)c1ccc(S(=O)(=O)N(CCC#N)CCC#N)cc1)c1nc2c(Cl)cccc2s1. The summed E-state index contributed by atoms with van der Waals surface area (Å²) >= 11 is 7.67. The van der Waals surface area contributed by atoms with E-state index in [1.54, 1.807) is 11.0 Å². The zero-order valence-corrected chi connectivity index (χ0v) is 23.0. The average Bonchev–Trinajstić information content (AvgIpc) is 3.31. The predicted octanol–water partition coefficient (Wildman–Crippen LogP) is 4.37. The monoisotopic (exact) mass is 558 g/mol. The Balaban J connectivity index is 1.90. The fraction of sp³-hybridized carbons (Fsp3) is 0.360. The van der Waals surface area contributed by atoms with Crippen molar-refractivity contribution in [2.45, 2.75) is 24.2 Å². The lowest BCUT2D eigenvalue weighted by Gasteiger charge is -2.22. The Morgan fingerprint density at radius 1 is 1.00 bits per heavy atom. The van der Waals surface area contributed by atoms with Gasteiger partial charge in [0.25, 0.3) is 5.91 Å². The summed E-state index contributed by atoms with van der Waals surface area (Å²) in [5.41, 5.74) is 0.945. The van der Waals surface area contributed by atoms with Crippen LogP contribution in [0.2, 0.25) is 5.02 Å². The third-order valence-corrected chi connectivity index (χ3v) is 8.77. The second kappa shape index (κ2) is 13.0. The van der Waals surface area contributed by atoms with Gasteiger partial charge in [0.05, 0.1) is 26.8 Å². The number of aromatic nitrogens is 1. The zero-order chi connectivity index (χ0) is 27.0. The first-order chi connectivity index (χ1) is 17.7. The number of anilines is 1. The van der Waals surface area contributed by atoms with Crippen LogP contribution in [0, 0.1) is 22.7 Å². The molecular weight excluding hydrogens is 532 g/mol. The van der Waals surface area contributed by atoms with Crippen molar-refractivity contribution in [3.8, 4) is 12.1 Å². The fourth-order valence-electron chi connectivity index (χ4n) is 3.62. The Morgan fingerprint density at radius 2 is 1.65 bits per heavy atom. The molecule has 0 radical (unpaired) electrons. The first-order valence-electron chi connectivity index (χ1n) is 11.5. The van der Waals surface area contributed by atoms with Gasteiger partial charge in [-0.2, -0.15) is 14.8 Å². The molecule has 0 bridgehead atoms. The highest BCUT2D eigenvalue weighted by Gasteiger charge is 2.26. The molecule has 1 aromatic heterocycles. The molecule has 0 fully saturated rings. The third kappa shape index (κ3) is 7.04. The number of hydrogen-bond acceptors (Lipinski definition) is 8. The van der Waals surface area contributed by atoms with E-state index in [2.05, 4.69) is 4.98 Å². The summed E-state index contributed by atoms with van der Waals surface area (Å²) in [6, 6.07) is 15.0. The van der Waals surface area contributed by atoms with E-state index in [-0.39, 0.29) is 36.7 Å². The Labute approximate surface area is 226 Å². The molecule has 0 saturated heterocycles. The van der Waals surface area contributed by atoms with Crippen LogP contribution in [0.1, 0.15) is 29.6 Å². The van der Waals surface area contributed by atoms with Gasteiger partial charge in [0.2, 0.25) is 10.0 Å². The molecule has 2 aromatic carbocycles. The number of rotatable bonds is 12. The van der Waals surface area contributed by atoms with Crippen LogP contribution in [-0.4, -0.2) is 68.8 Å². The number of hydrogen-bond donors (Lipinski definition) is 0. The molecule has 3 aromatic rings. The number of carbonyl (C=O) groups is 1. The number of fused-ring (bicyclic) bond motifs is 1. The maximum atomic E-state index is 13.6. The minimum atomic E-state index is -3.93. The number of carbonyl (C=O) groups excluding carboxylic acids is 1. The molecule has 0 aliphatic heterocycles. The number of para-hydroxylation sites is 1. The summed E-state index contributed by atoms with van der Waals surface area (Å²) in [5.74, 6) is -0.302. The van der Waals surface area contributed by atoms with Gasteiger partial charge in [-0.3, -0.25) is 9.69 Å². The van der Waals surface area contributed by atoms with Gasteiger partial charge in [0.1, 0.15) is 5.52 Å². The van der Waals surface area contributed by atoms with E-state index in [4.69, 9.17) is 22.1 Å². The van der Waals surface area contributed by atoms with Gasteiger partial charge in [0, 0.05) is 38.0 Å². The quantitative estimate of drug-likeness (QED) is 0.323. The summed E-state index contributed by atoms with van der Waals surface area (Å²) < 4.78 is 28.2. The molecule has 0 atom stereocenters. The van der Waals surface area contributed by atoms with Crippen molar-refractivity contribution < 1.29 is 13.2 Å². The van der Waals surface area contributed by atoms with Crippen LogP contribution < -0.4 is 4.90 Å². The maximum absolute atomic E-state index is 13.6. The minimum Gasteiger partial charge on any atom is -0.309 e. The predicted molar refractivity (Wildman–Crippen MR) is 145 cm³/mol. The third-order valence-electron chi connectivity index (χ3n) is 5.51. The van der Waals surface area contributed by atoms with E-state index in [0.29, 0.717) is 34.2 Å². The molecule has 1 heterocycles. The highest BCUT2D eigenvalue weighted by molar-refractivity contribution is 7.89. The Kier molecular flexibility index (Phi) is 9.98. The Morgan fingerprint density at radius 3 is 2.22 bits per heavy atom. The number of benzene rings is 2. The number of sulfonamides is 1. The average molecular weight is 559 g/mol. The summed E-state index contributed by atoms with van der Waals surface area (Å²) in [6.45, 7) is 1.17. The Bertz CT molecular complexity index is 1410. The molecule has 0 saturated carbocycles. The molecule has 0 aliphatic rings. The number of halogens is 1. The molecule has 9 nitrogen and oxygen atoms in total. The summed E-state index contributed by atoms with van der Waals surface area (Å²) in [5, 5.41) is 18.8. The van der Waals surface area contributed by atoms with E-state index in [1.165, 1.54) is 35.6 Å². The molecule has 194 valence electrons. The first-order valence-corrected chi connectivity index (χ1v) is 14.2. The molecule has 0 spiro atoms. The molecular formula is C25H27ClN6O3S2. The van der Waals surface area contributed by atoms with E-state index < -0.39 is 10.0 Å². The fourth-order valence-corrected chi connectivity index (χ4v) is 6.35. The van der Waals surface area contributed by atoms with Gasteiger partial charge >= 0.3 is 0 Å². The van der Waals surface area contributed by atoms with E-state index in [0.717, 1.165) is 15.5 Å². The largest absolute Gasteiger partial charge is 0.309 e. The summed E-state index contributed by atoms with van der Waals surface area (Å²) in [6.07, 6.45) is 0.728. The highest BCUT2D eigenvalue weighted by atomic mass is 35.5. The lowest BCUT2D eigenvalue weighted by atomic mass is 10.2. The molecule has 3 rings (SSSR count). The second-order valence-corrected chi connectivity index (χ2v) is 11.8. The lowest BCUT2D eigenvalue weighted by Crippen LogP contribution is -2.34. The van der Waals surface area contributed by atoms with Crippen LogP contribution in [0.15, 0.2) is 47.4 Å². The van der Waals surface area contributed by atoms with Gasteiger partial charge in [-0.05, 0) is 63.5 Å². The number of nitrogens with zero attached hydrogens (tertiary/aromatic N) is 6. The molecule has 0 N–H and O–H groups in total. The lowest BCUT2D eigenvalue weighted by molar-refractivity contribution is 0.0986. The first kappa shape index (κ1) is 28.5. The van der Waals surface area contributed by atoms with Crippen molar-refractivity contribution in [2.24, 2.45) is 0 Å².